The van der Waals surface area contributed by atoms with Crippen molar-refractivity contribution in [2.24, 2.45) is 4.99 Å². The van der Waals surface area contributed by atoms with Crippen molar-refractivity contribution in [3.63, 3.8) is 0 Å². The average molecular weight is 309 g/mol. The molecule has 2 unspecified atom stereocenters. The summed E-state index contributed by atoms with van der Waals surface area (Å²) in [4.78, 5) is 7.40. The second-order valence-corrected chi connectivity index (χ2v) is 6.83. The molecule has 0 N–H and O–H groups in total. The number of aryl methyl sites for hydroxylation is 1. The minimum absolute atomic E-state index is 0.500. The van der Waals surface area contributed by atoms with Crippen molar-refractivity contribution >= 4 is 32.9 Å². The van der Waals surface area contributed by atoms with E-state index in [9.17, 15) is 0 Å². The van der Waals surface area contributed by atoms with E-state index in [1.165, 1.54) is 39.4 Å². The average Bonchev–Trinajstić information content (AvgIpc) is 2.87. The van der Waals surface area contributed by atoms with Gasteiger partial charge in [0.25, 0.3) is 0 Å². The lowest BCUT2D eigenvalue weighted by atomic mass is 9.84. The molecule has 0 radical (unpaired) electrons. The molecule has 2 atom stereocenters. The maximum atomic E-state index is 4.89. The molecular formula is C13H13BrN2S. The molecule has 0 spiro atoms. The van der Waals surface area contributed by atoms with E-state index in [-0.39, 0.29) is 0 Å². The van der Waals surface area contributed by atoms with Gasteiger partial charge in [0, 0.05) is 16.8 Å². The largest absolute Gasteiger partial charge is 0.341 e. The van der Waals surface area contributed by atoms with Gasteiger partial charge < -0.3 is 4.90 Å². The molecule has 4 rings (SSSR count). The number of halogens is 1. The molecule has 88 valence electrons. The molecule has 0 bridgehead atoms. The standard InChI is InChI=1S/C13H13BrN2S/c14-9-3-1-8-2-4-11-12(10(8)7-9)16-5-6-17-13(16)15-11/h1,3,7,11-12H,2,4-6H2. The normalized spacial score (nSPS) is 29.7. The third-order valence-electron chi connectivity index (χ3n) is 3.92. The molecule has 1 fully saturated rings. The van der Waals surface area contributed by atoms with E-state index in [4.69, 9.17) is 4.99 Å². The van der Waals surface area contributed by atoms with Crippen LogP contribution in [0.3, 0.4) is 0 Å². The molecule has 0 aromatic heterocycles. The quantitative estimate of drug-likeness (QED) is 0.731. The predicted octanol–water partition coefficient (Wildman–Crippen LogP) is 3.22. The molecule has 17 heavy (non-hydrogen) atoms. The molecule has 0 saturated carbocycles. The molecule has 2 aliphatic heterocycles. The van der Waals surface area contributed by atoms with E-state index in [0.717, 1.165) is 6.54 Å². The Labute approximate surface area is 114 Å². The zero-order chi connectivity index (χ0) is 11.4. The lowest BCUT2D eigenvalue weighted by Crippen LogP contribution is -2.33. The van der Waals surface area contributed by atoms with Crippen LogP contribution in [-0.4, -0.2) is 28.4 Å². The van der Waals surface area contributed by atoms with Crippen LogP contribution in [0, 0.1) is 0 Å². The predicted molar refractivity (Wildman–Crippen MR) is 75.6 cm³/mol. The molecule has 2 heterocycles. The summed E-state index contributed by atoms with van der Waals surface area (Å²) in [5.41, 5.74) is 3.01. The van der Waals surface area contributed by atoms with E-state index in [1.54, 1.807) is 0 Å². The summed E-state index contributed by atoms with van der Waals surface area (Å²) in [6.07, 6.45) is 2.39. The fourth-order valence-electron chi connectivity index (χ4n) is 3.17. The zero-order valence-corrected chi connectivity index (χ0v) is 11.8. The number of aliphatic imine (C=N–C) groups is 1. The van der Waals surface area contributed by atoms with Gasteiger partial charge in [-0.05, 0) is 36.1 Å². The second-order valence-electron chi connectivity index (χ2n) is 4.85. The lowest BCUT2D eigenvalue weighted by molar-refractivity contribution is 0.308. The molecule has 0 amide bonds. The minimum atomic E-state index is 0.500. The van der Waals surface area contributed by atoms with Crippen molar-refractivity contribution in [2.45, 2.75) is 24.9 Å². The number of benzene rings is 1. The van der Waals surface area contributed by atoms with Gasteiger partial charge in [0.2, 0.25) is 0 Å². The van der Waals surface area contributed by atoms with Gasteiger partial charge in [-0.15, -0.1) is 0 Å². The molecule has 3 aliphatic rings. The molecule has 1 aliphatic carbocycles. The third-order valence-corrected chi connectivity index (χ3v) is 5.40. The lowest BCUT2D eigenvalue weighted by Gasteiger charge is -2.32. The highest BCUT2D eigenvalue weighted by molar-refractivity contribution is 9.10. The Morgan fingerprint density at radius 2 is 2.35 bits per heavy atom. The van der Waals surface area contributed by atoms with Crippen LogP contribution in [0.2, 0.25) is 0 Å². The monoisotopic (exact) mass is 308 g/mol. The van der Waals surface area contributed by atoms with Gasteiger partial charge in [-0.25, -0.2) is 0 Å². The summed E-state index contributed by atoms with van der Waals surface area (Å²) in [6, 6.07) is 7.75. The van der Waals surface area contributed by atoms with E-state index >= 15 is 0 Å². The third kappa shape index (κ3) is 1.50. The van der Waals surface area contributed by atoms with Crippen LogP contribution >= 0.6 is 27.7 Å². The fourth-order valence-corrected chi connectivity index (χ4v) is 4.60. The topological polar surface area (TPSA) is 15.6 Å². The van der Waals surface area contributed by atoms with Crippen LogP contribution in [0.4, 0.5) is 0 Å². The van der Waals surface area contributed by atoms with Crippen molar-refractivity contribution < 1.29 is 0 Å². The Kier molecular flexibility index (Phi) is 2.31. The van der Waals surface area contributed by atoms with Crippen molar-refractivity contribution in [3.8, 4) is 0 Å². The molecule has 4 heteroatoms. The van der Waals surface area contributed by atoms with Gasteiger partial charge in [0.05, 0.1) is 12.1 Å². The maximum Gasteiger partial charge on any atom is 0.160 e. The number of thioether (sulfide) groups is 1. The zero-order valence-electron chi connectivity index (χ0n) is 9.40. The first-order valence-electron chi connectivity index (χ1n) is 6.08. The summed E-state index contributed by atoms with van der Waals surface area (Å²) >= 11 is 5.52. The molecular weight excluding hydrogens is 296 g/mol. The molecule has 2 nitrogen and oxygen atoms in total. The van der Waals surface area contributed by atoms with Crippen molar-refractivity contribution in [2.75, 3.05) is 12.3 Å². The van der Waals surface area contributed by atoms with Crippen LogP contribution in [-0.2, 0) is 6.42 Å². The summed E-state index contributed by atoms with van der Waals surface area (Å²) in [7, 11) is 0. The van der Waals surface area contributed by atoms with Gasteiger partial charge in [-0.2, -0.15) is 0 Å². The maximum absolute atomic E-state index is 4.89. The van der Waals surface area contributed by atoms with E-state index in [2.05, 4.69) is 39.0 Å². The van der Waals surface area contributed by atoms with Gasteiger partial charge in [0.1, 0.15) is 0 Å². The van der Waals surface area contributed by atoms with Gasteiger partial charge in [-0.3, -0.25) is 4.99 Å². The highest BCUT2D eigenvalue weighted by atomic mass is 79.9. The second kappa shape index (κ2) is 3.75. The van der Waals surface area contributed by atoms with Crippen LogP contribution in [0.15, 0.2) is 27.7 Å². The van der Waals surface area contributed by atoms with E-state index in [0.29, 0.717) is 12.1 Å². The van der Waals surface area contributed by atoms with Gasteiger partial charge in [-0.1, -0.05) is 33.8 Å². The smallest absolute Gasteiger partial charge is 0.160 e. The van der Waals surface area contributed by atoms with Gasteiger partial charge in [0.15, 0.2) is 5.17 Å². The van der Waals surface area contributed by atoms with E-state index in [1.807, 2.05) is 11.8 Å². The van der Waals surface area contributed by atoms with Crippen molar-refractivity contribution in [3.05, 3.63) is 33.8 Å². The number of nitrogens with zero attached hydrogens (tertiary/aromatic N) is 2. The van der Waals surface area contributed by atoms with Crippen LogP contribution in [0.25, 0.3) is 0 Å². The number of fused-ring (bicyclic) bond motifs is 5. The van der Waals surface area contributed by atoms with Crippen molar-refractivity contribution in [1.29, 1.82) is 0 Å². The number of hydrogen-bond donors (Lipinski definition) is 0. The first kappa shape index (κ1) is 10.4. The Hall–Kier alpha value is -0.480. The first-order valence-corrected chi connectivity index (χ1v) is 7.86. The van der Waals surface area contributed by atoms with Gasteiger partial charge >= 0.3 is 0 Å². The Bertz CT molecular complexity index is 514. The molecule has 1 aromatic carbocycles. The fraction of sp³-hybridized carbons (Fsp3) is 0.462. The summed E-state index contributed by atoms with van der Waals surface area (Å²) in [6.45, 7) is 1.16. The van der Waals surface area contributed by atoms with Crippen LogP contribution in [0.1, 0.15) is 23.6 Å². The first-order chi connectivity index (χ1) is 8.33. The number of amidine groups is 1. The summed E-state index contributed by atoms with van der Waals surface area (Å²) < 4.78 is 1.19. The summed E-state index contributed by atoms with van der Waals surface area (Å²) in [5.74, 6) is 1.20. The molecule has 1 aromatic rings. The number of hydrogen-bond acceptors (Lipinski definition) is 3. The Balaban J connectivity index is 1.83. The highest BCUT2D eigenvalue weighted by Gasteiger charge is 2.42. The Morgan fingerprint density at radius 1 is 1.41 bits per heavy atom. The Morgan fingerprint density at radius 3 is 3.29 bits per heavy atom. The van der Waals surface area contributed by atoms with Crippen molar-refractivity contribution in [1.82, 2.24) is 4.90 Å². The molecule has 1 saturated heterocycles. The highest BCUT2D eigenvalue weighted by Crippen LogP contribution is 2.44. The summed E-state index contributed by atoms with van der Waals surface area (Å²) in [5, 5.41) is 1.29. The van der Waals surface area contributed by atoms with Crippen LogP contribution < -0.4 is 0 Å². The number of rotatable bonds is 0. The van der Waals surface area contributed by atoms with E-state index < -0.39 is 0 Å². The SMILES string of the molecule is Brc1ccc2c(c1)C1C(CC2)N=C2SCCN21. The van der Waals surface area contributed by atoms with Crippen LogP contribution in [0.5, 0.6) is 0 Å². The minimum Gasteiger partial charge on any atom is -0.341 e.